The molecule has 0 radical (unpaired) electrons. The molecule has 1 aliphatic heterocycles. The minimum atomic E-state index is -0.329. The smallest absolute Gasteiger partial charge is 0.168 e. The van der Waals surface area contributed by atoms with Crippen molar-refractivity contribution in [3.63, 3.8) is 0 Å². The molecule has 1 aliphatic carbocycles. The molecule has 1 spiro atoms. The van der Waals surface area contributed by atoms with Crippen LogP contribution in [0.1, 0.15) is 36.9 Å². The number of nitrogens with zero attached hydrogens (tertiary/aromatic N) is 2. The van der Waals surface area contributed by atoms with Crippen molar-refractivity contribution in [1.29, 1.82) is 5.26 Å². The summed E-state index contributed by atoms with van der Waals surface area (Å²) >= 11 is 0. The first-order chi connectivity index (χ1) is 9.80. The van der Waals surface area contributed by atoms with Crippen molar-refractivity contribution in [3.8, 4) is 6.07 Å². The van der Waals surface area contributed by atoms with Gasteiger partial charge in [-0.05, 0) is 30.5 Å². The van der Waals surface area contributed by atoms with Crippen molar-refractivity contribution < 1.29 is 14.2 Å². The Morgan fingerprint density at radius 2 is 2.10 bits per heavy atom. The number of ether oxygens (including phenoxy) is 3. The second-order valence-electron chi connectivity index (χ2n) is 5.28. The lowest BCUT2D eigenvalue weighted by Gasteiger charge is -2.35. The molecule has 5 heteroatoms. The molecule has 1 aromatic heterocycles. The molecular weight excluding hydrogens is 256 g/mol. The second kappa shape index (κ2) is 5.88. The van der Waals surface area contributed by atoms with Gasteiger partial charge >= 0.3 is 0 Å². The fourth-order valence-electron chi connectivity index (χ4n) is 2.82. The highest BCUT2D eigenvalue weighted by Gasteiger charge is 2.40. The quantitative estimate of drug-likeness (QED) is 0.845. The average molecular weight is 274 g/mol. The third kappa shape index (κ3) is 2.98. The van der Waals surface area contributed by atoms with E-state index in [4.69, 9.17) is 19.5 Å². The van der Waals surface area contributed by atoms with Crippen LogP contribution in [-0.4, -0.2) is 30.1 Å². The molecule has 1 saturated carbocycles. The van der Waals surface area contributed by atoms with E-state index in [-0.39, 0.29) is 11.9 Å². The lowest BCUT2D eigenvalue weighted by atomic mass is 9.92. The zero-order valence-electron chi connectivity index (χ0n) is 11.4. The molecule has 1 aromatic rings. The van der Waals surface area contributed by atoms with Gasteiger partial charge in [0.15, 0.2) is 5.79 Å². The zero-order valence-corrected chi connectivity index (χ0v) is 11.4. The van der Waals surface area contributed by atoms with Crippen LogP contribution in [0.2, 0.25) is 0 Å². The monoisotopic (exact) mass is 274 g/mol. The SMILES string of the molecule is N#Cc1cc(COC2CCC3(CC2)OCCO3)ccn1. The highest BCUT2D eigenvalue weighted by molar-refractivity contribution is 5.24. The number of hydrogen-bond donors (Lipinski definition) is 0. The van der Waals surface area contributed by atoms with Gasteiger partial charge in [-0.25, -0.2) is 4.98 Å². The summed E-state index contributed by atoms with van der Waals surface area (Å²) in [6.07, 6.45) is 5.60. The van der Waals surface area contributed by atoms with Crippen LogP contribution in [-0.2, 0) is 20.8 Å². The first-order valence-electron chi connectivity index (χ1n) is 7.04. The molecule has 0 unspecified atom stereocenters. The number of nitriles is 1. The predicted octanol–water partition coefficient (Wildman–Crippen LogP) is 2.16. The molecule has 0 aromatic carbocycles. The summed E-state index contributed by atoms with van der Waals surface area (Å²) in [6, 6.07) is 5.69. The topological polar surface area (TPSA) is 64.4 Å². The Labute approximate surface area is 118 Å². The molecule has 3 rings (SSSR count). The fraction of sp³-hybridized carbons (Fsp3) is 0.600. The molecule has 5 nitrogen and oxygen atoms in total. The summed E-state index contributed by atoms with van der Waals surface area (Å²) in [5.41, 5.74) is 1.42. The van der Waals surface area contributed by atoms with Gasteiger partial charge < -0.3 is 14.2 Å². The molecule has 0 N–H and O–H groups in total. The minimum absolute atomic E-state index is 0.243. The lowest BCUT2D eigenvalue weighted by molar-refractivity contribution is -0.192. The van der Waals surface area contributed by atoms with Crippen molar-refractivity contribution in [2.45, 2.75) is 44.2 Å². The van der Waals surface area contributed by atoms with E-state index in [2.05, 4.69) is 4.98 Å². The largest absolute Gasteiger partial charge is 0.374 e. The number of hydrogen-bond acceptors (Lipinski definition) is 5. The Bertz CT molecular complexity index is 496. The van der Waals surface area contributed by atoms with Crippen LogP contribution < -0.4 is 0 Å². The van der Waals surface area contributed by atoms with Crippen LogP contribution >= 0.6 is 0 Å². The minimum Gasteiger partial charge on any atom is -0.374 e. The Balaban J connectivity index is 1.49. The summed E-state index contributed by atoms with van der Waals surface area (Å²) in [6.45, 7) is 1.94. The normalized spacial score (nSPS) is 21.9. The van der Waals surface area contributed by atoms with E-state index in [1.165, 1.54) is 0 Å². The maximum atomic E-state index is 8.82. The molecule has 106 valence electrons. The van der Waals surface area contributed by atoms with Gasteiger partial charge in [-0.3, -0.25) is 0 Å². The van der Waals surface area contributed by atoms with Gasteiger partial charge in [0.05, 0.1) is 25.9 Å². The lowest BCUT2D eigenvalue weighted by Crippen LogP contribution is -2.37. The van der Waals surface area contributed by atoms with Gasteiger partial charge in [0.2, 0.25) is 0 Å². The van der Waals surface area contributed by atoms with E-state index in [0.29, 0.717) is 25.5 Å². The van der Waals surface area contributed by atoms with E-state index in [1.807, 2.05) is 12.1 Å². The molecule has 20 heavy (non-hydrogen) atoms. The molecule has 0 atom stereocenters. The molecule has 1 saturated heterocycles. The highest BCUT2D eigenvalue weighted by atomic mass is 16.7. The van der Waals surface area contributed by atoms with E-state index in [0.717, 1.165) is 31.2 Å². The Morgan fingerprint density at radius 1 is 1.35 bits per heavy atom. The molecule has 2 heterocycles. The Kier molecular flexibility index (Phi) is 3.97. The van der Waals surface area contributed by atoms with E-state index < -0.39 is 0 Å². The van der Waals surface area contributed by atoms with Crippen LogP contribution in [0.25, 0.3) is 0 Å². The van der Waals surface area contributed by atoms with Gasteiger partial charge in [-0.2, -0.15) is 5.26 Å². The van der Waals surface area contributed by atoms with E-state index in [9.17, 15) is 0 Å². The van der Waals surface area contributed by atoms with Crippen molar-refractivity contribution in [2.24, 2.45) is 0 Å². The Morgan fingerprint density at radius 3 is 2.80 bits per heavy atom. The van der Waals surface area contributed by atoms with Crippen LogP contribution in [0.4, 0.5) is 0 Å². The maximum Gasteiger partial charge on any atom is 0.168 e. The summed E-state index contributed by atoms with van der Waals surface area (Å²) in [5, 5.41) is 8.82. The molecular formula is C15H18N2O3. The van der Waals surface area contributed by atoms with Crippen LogP contribution in [0.15, 0.2) is 18.3 Å². The van der Waals surface area contributed by atoms with Crippen molar-refractivity contribution in [3.05, 3.63) is 29.6 Å². The first-order valence-corrected chi connectivity index (χ1v) is 7.04. The molecule has 0 bridgehead atoms. The van der Waals surface area contributed by atoms with Crippen LogP contribution in [0, 0.1) is 11.3 Å². The number of pyridine rings is 1. The molecule has 0 amide bonds. The van der Waals surface area contributed by atoms with Gasteiger partial charge in [0.25, 0.3) is 0 Å². The first kappa shape index (κ1) is 13.5. The van der Waals surface area contributed by atoms with Gasteiger partial charge in [0, 0.05) is 19.0 Å². The van der Waals surface area contributed by atoms with Crippen LogP contribution in [0.3, 0.4) is 0 Å². The summed E-state index contributed by atoms with van der Waals surface area (Å²) in [4.78, 5) is 3.95. The Hall–Kier alpha value is -1.48. The molecule has 2 fully saturated rings. The summed E-state index contributed by atoms with van der Waals surface area (Å²) in [7, 11) is 0. The third-order valence-corrected chi connectivity index (χ3v) is 3.93. The zero-order chi connectivity index (χ0) is 13.8. The predicted molar refractivity (Wildman–Crippen MR) is 70.6 cm³/mol. The van der Waals surface area contributed by atoms with Crippen LogP contribution in [0.5, 0.6) is 0 Å². The van der Waals surface area contributed by atoms with Gasteiger partial charge in [-0.1, -0.05) is 0 Å². The third-order valence-electron chi connectivity index (χ3n) is 3.93. The second-order valence-corrected chi connectivity index (χ2v) is 5.28. The van der Waals surface area contributed by atoms with Gasteiger partial charge in [-0.15, -0.1) is 0 Å². The van der Waals surface area contributed by atoms with E-state index in [1.54, 1.807) is 12.3 Å². The van der Waals surface area contributed by atoms with Gasteiger partial charge in [0.1, 0.15) is 11.8 Å². The summed E-state index contributed by atoms with van der Waals surface area (Å²) in [5.74, 6) is -0.329. The molecule has 2 aliphatic rings. The summed E-state index contributed by atoms with van der Waals surface area (Å²) < 4.78 is 17.3. The van der Waals surface area contributed by atoms with E-state index >= 15 is 0 Å². The fourth-order valence-corrected chi connectivity index (χ4v) is 2.82. The van der Waals surface area contributed by atoms with Crippen molar-refractivity contribution >= 4 is 0 Å². The number of aromatic nitrogens is 1. The highest BCUT2D eigenvalue weighted by Crippen LogP contribution is 2.36. The van der Waals surface area contributed by atoms with Crippen molar-refractivity contribution in [2.75, 3.05) is 13.2 Å². The standard InChI is InChI=1S/C15H18N2O3/c16-10-13-9-12(3-6-17-13)11-18-14-1-4-15(5-2-14)19-7-8-20-15/h3,6,9,14H,1-2,4-5,7-8,11H2. The number of rotatable bonds is 3. The van der Waals surface area contributed by atoms with Crippen molar-refractivity contribution in [1.82, 2.24) is 4.98 Å². The average Bonchev–Trinajstić information content (AvgIpc) is 2.95. The maximum absolute atomic E-state index is 8.82.